The number of thiazole rings is 1. The number of amides is 3. The third-order valence-corrected chi connectivity index (χ3v) is 6.82. The van der Waals surface area contributed by atoms with Crippen molar-refractivity contribution < 1.29 is 19.1 Å². The highest BCUT2D eigenvalue weighted by atomic mass is 32.1. The van der Waals surface area contributed by atoms with Gasteiger partial charge in [0.15, 0.2) is 5.13 Å². The fraction of sp³-hybridized carbons (Fsp3) is 0.348. The molecular weight excluding hydrogens is 456 g/mol. The summed E-state index contributed by atoms with van der Waals surface area (Å²) in [5, 5.41) is 6.49. The van der Waals surface area contributed by atoms with Gasteiger partial charge in [0.2, 0.25) is 5.88 Å². The summed E-state index contributed by atoms with van der Waals surface area (Å²) in [4.78, 5) is 47.2. The summed E-state index contributed by atoms with van der Waals surface area (Å²) in [6, 6.07) is 7.35. The Morgan fingerprint density at radius 2 is 2.03 bits per heavy atom. The molecule has 1 aliphatic heterocycles. The first kappa shape index (κ1) is 23.4. The molecule has 0 saturated carbocycles. The van der Waals surface area contributed by atoms with E-state index in [9.17, 15) is 14.4 Å². The summed E-state index contributed by atoms with van der Waals surface area (Å²) in [6.45, 7) is 4.21. The van der Waals surface area contributed by atoms with Crippen LogP contribution >= 0.6 is 11.3 Å². The number of rotatable bonds is 4. The number of fused-ring (bicyclic) bond motifs is 1. The average molecular weight is 483 g/mol. The van der Waals surface area contributed by atoms with E-state index in [0.717, 1.165) is 33.8 Å². The van der Waals surface area contributed by atoms with Crippen LogP contribution in [0.2, 0.25) is 0 Å². The van der Waals surface area contributed by atoms with Gasteiger partial charge in [-0.3, -0.25) is 9.59 Å². The standard InChI is InChI=1S/C23H26N6O4S/c1-12-4-6-17(14-5-7-18-16(9-14)28-23(25-3)34-18)29(11-12)21(31)19(30)27-15-8-13(2)20(26-10-15)33-22(24)32/h5,7-10,12,17H,4,6,11H2,1-3H3,(H2,24,32)(H,25,28)(H,27,30). The number of nitrogens with one attached hydrogen (secondary N) is 2. The number of carbonyl (C=O) groups is 3. The molecule has 2 aromatic heterocycles. The molecule has 2 atom stereocenters. The zero-order valence-corrected chi connectivity index (χ0v) is 19.9. The molecule has 4 N–H and O–H groups in total. The zero-order valence-electron chi connectivity index (χ0n) is 19.1. The Morgan fingerprint density at radius 3 is 2.74 bits per heavy atom. The monoisotopic (exact) mass is 482 g/mol. The molecule has 0 aliphatic carbocycles. The van der Waals surface area contributed by atoms with E-state index in [0.29, 0.717) is 17.8 Å². The number of likely N-dealkylation sites (tertiary alicyclic amines) is 1. The molecule has 1 aromatic carbocycles. The molecule has 2 unspecified atom stereocenters. The normalized spacial score (nSPS) is 17.9. The van der Waals surface area contributed by atoms with Crippen LogP contribution in [0.3, 0.4) is 0 Å². The number of anilines is 2. The number of piperidine rings is 1. The van der Waals surface area contributed by atoms with Crippen molar-refractivity contribution in [2.24, 2.45) is 11.7 Å². The third-order valence-electron chi connectivity index (χ3n) is 5.77. The van der Waals surface area contributed by atoms with Gasteiger partial charge in [0, 0.05) is 19.2 Å². The molecular formula is C23H26N6O4S. The molecule has 1 saturated heterocycles. The summed E-state index contributed by atoms with van der Waals surface area (Å²) < 4.78 is 5.85. The highest BCUT2D eigenvalue weighted by Crippen LogP contribution is 2.36. The molecule has 3 aromatic rings. The van der Waals surface area contributed by atoms with Gasteiger partial charge < -0.3 is 26.0 Å². The molecule has 3 amide bonds. The molecule has 11 heteroatoms. The SMILES string of the molecule is CNc1nc2cc(C3CCC(C)CN3C(=O)C(=O)Nc3cnc(OC(N)=O)c(C)c3)ccc2s1. The predicted molar refractivity (Wildman–Crippen MR) is 130 cm³/mol. The van der Waals surface area contributed by atoms with Crippen molar-refractivity contribution in [1.29, 1.82) is 0 Å². The van der Waals surface area contributed by atoms with E-state index >= 15 is 0 Å². The van der Waals surface area contributed by atoms with Gasteiger partial charge in [-0.05, 0) is 49.4 Å². The number of hydrogen-bond donors (Lipinski definition) is 3. The van der Waals surface area contributed by atoms with Crippen LogP contribution in [-0.2, 0) is 9.59 Å². The number of primary amides is 1. The maximum atomic E-state index is 13.2. The molecule has 1 fully saturated rings. The molecule has 10 nitrogen and oxygen atoms in total. The van der Waals surface area contributed by atoms with Crippen molar-refractivity contribution >= 4 is 50.3 Å². The van der Waals surface area contributed by atoms with Crippen molar-refractivity contribution in [3.8, 4) is 5.88 Å². The molecule has 178 valence electrons. The summed E-state index contributed by atoms with van der Waals surface area (Å²) >= 11 is 1.56. The number of aryl methyl sites for hydroxylation is 1. The highest BCUT2D eigenvalue weighted by Gasteiger charge is 2.34. The number of aromatic nitrogens is 2. The van der Waals surface area contributed by atoms with Crippen LogP contribution in [-0.4, -0.2) is 46.4 Å². The number of ether oxygens (including phenoxy) is 1. The van der Waals surface area contributed by atoms with E-state index in [4.69, 9.17) is 10.5 Å². The van der Waals surface area contributed by atoms with E-state index in [-0.39, 0.29) is 17.8 Å². The van der Waals surface area contributed by atoms with E-state index in [1.165, 1.54) is 6.20 Å². The van der Waals surface area contributed by atoms with Crippen LogP contribution in [0.4, 0.5) is 15.6 Å². The van der Waals surface area contributed by atoms with Gasteiger partial charge >= 0.3 is 17.9 Å². The molecule has 0 spiro atoms. The Balaban J connectivity index is 1.54. The topological polar surface area (TPSA) is 140 Å². The summed E-state index contributed by atoms with van der Waals surface area (Å²) in [5.74, 6) is -1.04. The van der Waals surface area contributed by atoms with E-state index in [1.807, 2.05) is 25.2 Å². The van der Waals surface area contributed by atoms with E-state index < -0.39 is 17.9 Å². The third kappa shape index (κ3) is 4.93. The van der Waals surface area contributed by atoms with E-state index in [1.54, 1.807) is 29.2 Å². The van der Waals surface area contributed by atoms with Gasteiger partial charge in [-0.25, -0.2) is 14.8 Å². The molecule has 0 radical (unpaired) electrons. The molecule has 34 heavy (non-hydrogen) atoms. The first-order valence-electron chi connectivity index (χ1n) is 10.9. The zero-order chi connectivity index (χ0) is 24.4. The predicted octanol–water partition coefficient (Wildman–Crippen LogP) is 3.44. The summed E-state index contributed by atoms with van der Waals surface area (Å²) in [5.41, 5.74) is 7.65. The second-order valence-electron chi connectivity index (χ2n) is 8.37. The fourth-order valence-electron chi connectivity index (χ4n) is 4.13. The van der Waals surface area contributed by atoms with Gasteiger partial charge in [0.1, 0.15) is 0 Å². The van der Waals surface area contributed by atoms with Crippen LogP contribution in [0.5, 0.6) is 5.88 Å². The lowest BCUT2D eigenvalue weighted by atomic mass is 9.89. The van der Waals surface area contributed by atoms with Crippen LogP contribution in [0.15, 0.2) is 30.5 Å². The van der Waals surface area contributed by atoms with E-state index in [2.05, 4.69) is 27.5 Å². The summed E-state index contributed by atoms with van der Waals surface area (Å²) in [6.07, 6.45) is 2.04. The maximum Gasteiger partial charge on any atom is 0.411 e. The minimum atomic E-state index is -0.981. The minimum Gasteiger partial charge on any atom is -0.391 e. The smallest absolute Gasteiger partial charge is 0.391 e. The second kappa shape index (κ2) is 9.64. The van der Waals surface area contributed by atoms with Crippen molar-refractivity contribution in [2.45, 2.75) is 32.7 Å². The molecule has 1 aliphatic rings. The Labute approximate surface area is 200 Å². The van der Waals surface area contributed by atoms with Crippen LogP contribution in [0.1, 0.15) is 36.9 Å². The van der Waals surface area contributed by atoms with Crippen LogP contribution in [0, 0.1) is 12.8 Å². The van der Waals surface area contributed by atoms with Gasteiger partial charge in [-0.1, -0.05) is 24.3 Å². The van der Waals surface area contributed by atoms with Gasteiger partial charge in [-0.15, -0.1) is 0 Å². The van der Waals surface area contributed by atoms with Crippen molar-refractivity contribution in [2.75, 3.05) is 24.2 Å². The number of nitrogens with two attached hydrogens (primary N) is 1. The Kier molecular flexibility index (Phi) is 6.64. The molecule has 3 heterocycles. The fourth-order valence-corrected chi connectivity index (χ4v) is 4.93. The van der Waals surface area contributed by atoms with Crippen molar-refractivity contribution in [3.05, 3.63) is 41.6 Å². The van der Waals surface area contributed by atoms with Gasteiger partial charge in [0.25, 0.3) is 0 Å². The second-order valence-corrected chi connectivity index (χ2v) is 9.40. The lowest BCUT2D eigenvalue weighted by Gasteiger charge is -2.38. The number of hydrogen-bond acceptors (Lipinski definition) is 8. The van der Waals surface area contributed by atoms with Crippen molar-refractivity contribution in [3.63, 3.8) is 0 Å². The summed E-state index contributed by atoms with van der Waals surface area (Å²) in [7, 11) is 1.83. The Morgan fingerprint density at radius 1 is 1.24 bits per heavy atom. The van der Waals surface area contributed by atoms with Crippen molar-refractivity contribution in [1.82, 2.24) is 14.9 Å². The van der Waals surface area contributed by atoms with Crippen LogP contribution in [0.25, 0.3) is 10.2 Å². The minimum absolute atomic E-state index is 0.0422. The average Bonchev–Trinajstić information content (AvgIpc) is 3.22. The molecule has 0 bridgehead atoms. The first-order valence-corrected chi connectivity index (χ1v) is 11.7. The lowest BCUT2D eigenvalue weighted by Crippen LogP contribution is -2.46. The Hall–Kier alpha value is -3.73. The quantitative estimate of drug-likeness (QED) is 0.484. The van der Waals surface area contributed by atoms with Gasteiger partial charge in [0.05, 0.1) is 28.1 Å². The molecule has 4 rings (SSSR count). The number of nitrogens with zero attached hydrogens (tertiary/aromatic N) is 3. The van der Waals surface area contributed by atoms with Gasteiger partial charge in [-0.2, -0.15) is 0 Å². The highest BCUT2D eigenvalue weighted by molar-refractivity contribution is 7.22. The number of pyridine rings is 1. The number of carbonyl (C=O) groups excluding carboxylic acids is 3. The Bertz CT molecular complexity index is 1260. The maximum absolute atomic E-state index is 13.2. The lowest BCUT2D eigenvalue weighted by molar-refractivity contribution is -0.146. The first-order chi connectivity index (χ1) is 16.2. The number of benzene rings is 1. The van der Waals surface area contributed by atoms with Crippen LogP contribution < -0.4 is 21.1 Å². The largest absolute Gasteiger partial charge is 0.411 e.